The van der Waals surface area contributed by atoms with Gasteiger partial charge in [0.1, 0.15) is 0 Å². The van der Waals surface area contributed by atoms with E-state index in [0.717, 1.165) is 0 Å². The van der Waals surface area contributed by atoms with Gasteiger partial charge >= 0.3 is 11.9 Å². The molecular weight excluding hydrogens is 294 g/mol. The second-order valence-electron chi connectivity index (χ2n) is 4.63. The summed E-state index contributed by atoms with van der Waals surface area (Å²) in [5.74, 6) is -5.72. The minimum Gasteiger partial charge on any atom is -0.481 e. The van der Waals surface area contributed by atoms with Gasteiger partial charge in [-0.15, -0.1) is 0 Å². The number of carboxylic acid groups (broad SMARTS) is 2. The van der Waals surface area contributed by atoms with E-state index < -0.39 is 48.4 Å². The Bertz CT molecular complexity index is 659. The van der Waals surface area contributed by atoms with Gasteiger partial charge in [-0.2, -0.15) is 0 Å². The second kappa shape index (κ2) is 5.76. The summed E-state index contributed by atoms with van der Waals surface area (Å²) < 4.78 is 0. The standard InChI is InChI=1S/C14H11NO7/c16-9(5-6-10(17)18)11(14(21)22)15-12(19)7-3-1-2-4-8(7)13(15)20/h1-4,11H,5-6H2,(H,17,18)(H,21,22). The zero-order chi connectivity index (χ0) is 16.4. The molecule has 1 unspecified atom stereocenters. The topological polar surface area (TPSA) is 129 Å². The van der Waals surface area contributed by atoms with Crippen molar-refractivity contribution in [2.45, 2.75) is 18.9 Å². The van der Waals surface area contributed by atoms with Crippen LogP contribution in [-0.4, -0.2) is 50.7 Å². The Morgan fingerprint density at radius 1 is 0.955 bits per heavy atom. The van der Waals surface area contributed by atoms with Crippen LogP contribution in [0.3, 0.4) is 0 Å². The number of amides is 2. The molecule has 2 rings (SSSR count). The maximum absolute atomic E-state index is 12.2. The molecule has 1 aliphatic heterocycles. The average molecular weight is 305 g/mol. The zero-order valence-electron chi connectivity index (χ0n) is 11.2. The summed E-state index contributed by atoms with van der Waals surface area (Å²) in [6.07, 6.45) is -1.16. The predicted molar refractivity (Wildman–Crippen MR) is 70.2 cm³/mol. The third kappa shape index (κ3) is 2.58. The van der Waals surface area contributed by atoms with Crippen molar-refractivity contribution in [2.75, 3.05) is 0 Å². The number of ketones is 1. The van der Waals surface area contributed by atoms with Crippen LogP contribution in [0.1, 0.15) is 33.6 Å². The SMILES string of the molecule is O=C(O)CCC(=O)C(C(=O)O)N1C(=O)c2ccccc2C1=O. The first kappa shape index (κ1) is 15.4. The van der Waals surface area contributed by atoms with Crippen LogP contribution in [0, 0.1) is 0 Å². The van der Waals surface area contributed by atoms with Gasteiger partial charge in [-0.25, -0.2) is 4.79 Å². The molecule has 8 nitrogen and oxygen atoms in total. The highest BCUT2D eigenvalue weighted by Gasteiger charge is 2.45. The lowest BCUT2D eigenvalue weighted by Gasteiger charge is -2.21. The number of fused-ring (bicyclic) bond motifs is 1. The van der Waals surface area contributed by atoms with Crippen molar-refractivity contribution in [3.8, 4) is 0 Å². The Morgan fingerprint density at radius 2 is 1.45 bits per heavy atom. The lowest BCUT2D eigenvalue weighted by molar-refractivity contribution is -0.147. The second-order valence-corrected chi connectivity index (χ2v) is 4.63. The number of hydrogen-bond donors (Lipinski definition) is 2. The number of Topliss-reactive ketones (excluding diaryl/α,β-unsaturated/α-hetero) is 1. The number of carbonyl (C=O) groups is 5. The molecule has 2 amide bonds. The normalized spacial score (nSPS) is 14.6. The molecule has 0 saturated heterocycles. The highest BCUT2D eigenvalue weighted by atomic mass is 16.4. The van der Waals surface area contributed by atoms with Gasteiger partial charge in [-0.3, -0.25) is 24.1 Å². The molecule has 2 N–H and O–H groups in total. The van der Waals surface area contributed by atoms with Crippen LogP contribution in [0.25, 0.3) is 0 Å². The molecule has 0 aliphatic carbocycles. The number of carbonyl (C=O) groups excluding carboxylic acids is 3. The zero-order valence-corrected chi connectivity index (χ0v) is 11.2. The van der Waals surface area contributed by atoms with Crippen molar-refractivity contribution in [1.82, 2.24) is 4.90 Å². The third-order valence-corrected chi connectivity index (χ3v) is 3.21. The van der Waals surface area contributed by atoms with Gasteiger partial charge in [-0.1, -0.05) is 12.1 Å². The molecule has 0 radical (unpaired) electrons. The summed E-state index contributed by atoms with van der Waals surface area (Å²) in [5.41, 5.74) is 0.0366. The van der Waals surface area contributed by atoms with Gasteiger partial charge < -0.3 is 10.2 Å². The molecule has 1 aliphatic rings. The molecule has 0 spiro atoms. The maximum atomic E-state index is 12.2. The van der Waals surface area contributed by atoms with Crippen molar-refractivity contribution in [3.05, 3.63) is 35.4 Å². The number of nitrogens with zero attached hydrogens (tertiary/aromatic N) is 1. The first-order valence-electron chi connectivity index (χ1n) is 6.29. The van der Waals surface area contributed by atoms with E-state index >= 15 is 0 Å². The van der Waals surface area contributed by atoms with Crippen molar-refractivity contribution >= 4 is 29.5 Å². The van der Waals surface area contributed by atoms with E-state index in [2.05, 4.69) is 0 Å². The van der Waals surface area contributed by atoms with Gasteiger partial charge in [0.25, 0.3) is 11.8 Å². The molecule has 0 bridgehead atoms. The predicted octanol–water partition coefficient (Wildman–Crippen LogP) is 0.170. The van der Waals surface area contributed by atoms with Gasteiger partial charge in [0.2, 0.25) is 0 Å². The highest BCUT2D eigenvalue weighted by molar-refractivity contribution is 6.25. The van der Waals surface area contributed by atoms with E-state index in [0.29, 0.717) is 4.90 Å². The van der Waals surface area contributed by atoms with E-state index in [1.54, 1.807) is 0 Å². The Hall–Kier alpha value is -3.03. The first-order valence-corrected chi connectivity index (χ1v) is 6.29. The molecule has 22 heavy (non-hydrogen) atoms. The van der Waals surface area contributed by atoms with Crippen LogP contribution < -0.4 is 0 Å². The third-order valence-electron chi connectivity index (χ3n) is 3.21. The highest BCUT2D eigenvalue weighted by Crippen LogP contribution is 2.25. The van der Waals surface area contributed by atoms with Crippen LogP contribution in [-0.2, 0) is 14.4 Å². The Labute approximate surface area is 124 Å². The maximum Gasteiger partial charge on any atom is 0.334 e. The quantitative estimate of drug-likeness (QED) is 0.566. The lowest BCUT2D eigenvalue weighted by atomic mass is 10.1. The molecule has 114 valence electrons. The van der Waals surface area contributed by atoms with Gasteiger partial charge in [0.15, 0.2) is 11.8 Å². The van der Waals surface area contributed by atoms with Crippen LogP contribution in [0.5, 0.6) is 0 Å². The fraction of sp³-hybridized carbons (Fsp3) is 0.214. The van der Waals surface area contributed by atoms with Crippen molar-refractivity contribution < 1.29 is 34.2 Å². The van der Waals surface area contributed by atoms with Crippen LogP contribution in [0.15, 0.2) is 24.3 Å². The number of benzene rings is 1. The summed E-state index contributed by atoms with van der Waals surface area (Å²) >= 11 is 0. The Balaban J connectivity index is 2.33. The molecule has 8 heteroatoms. The lowest BCUT2D eigenvalue weighted by Crippen LogP contribution is -2.49. The van der Waals surface area contributed by atoms with E-state index in [1.165, 1.54) is 24.3 Å². The van der Waals surface area contributed by atoms with Gasteiger partial charge in [0.05, 0.1) is 17.5 Å². The molecule has 0 saturated carbocycles. The number of carboxylic acids is 2. The van der Waals surface area contributed by atoms with Crippen LogP contribution >= 0.6 is 0 Å². The molecule has 1 aromatic rings. The fourth-order valence-corrected chi connectivity index (χ4v) is 2.20. The number of hydrogen-bond acceptors (Lipinski definition) is 5. The molecule has 0 aromatic heterocycles. The van der Waals surface area contributed by atoms with E-state index in [9.17, 15) is 24.0 Å². The van der Waals surface area contributed by atoms with Crippen LogP contribution in [0.4, 0.5) is 0 Å². The van der Waals surface area contributed by atoms with E-state index in [1.807, 2.05) is 0 Å². The fourth-order valence-electron chi connectivity index (χ4n) is 2.20. The monoisotopic (exact) mass is 305 g/mol. The van der Waals surface area contributed by atoms with E-state index in [-0.39, 0.29) is 11.1 Å². The smallest absolute Gasteiger partial charge is 0.334 e. The molecule has 1 atom stereocenters. The van der Waals surface area contributed by atoms with E-state index in [4.69, 9.17) is 10.2 Å². The molecule has 1 heterocycles. The summed E-state index contributed by atoms with van der Waals surface area (Å²) in [6, 6.07) is 3.71. The summed E-state index contributed by atoms with van der Waals surface area (Å²) in [6.45, 7) is 0. The van der Waals surface area contributed by atoms with Crippen molar-refractivity contribution in [2.24, 2.45) is 0 Å². The van der Waals surface area contributed by atoms with Gasteiger partial charge in [-0.05, 0) is 12.1 Å². The van der Waals surface area contributed by atoms with Gasteiger partial charge in [0, 0.05) is 6.42 Å². The molecule has 1 aromatic carbocycles. The average Bonchev–Trinajstić information content (AvgIpc) is 2.71. The Kier molecular flexibility index (Phi) is 4.02. The summed E-state index contributed by atoms with van der Waals surface area (Å²) in [5, 5.41) is 17.7. The van der Waals surface area contributed by atoms with Crippen molar-refractivity contribution in [1.29, 1.82) is 0 Å². The minimum absolute atomic E-state index is 0.0183. The number of imide groups is 1. The number of rotatable bonds is 6. The molecule has 0 fully saturated rings. The summed E-state index contributed by atoms with van der Waals surface area (Å²) in [4.78, 5) is 58.4. The largest absolute Gasteiger partial charge is 0.481 e. The van der Waals surface area contributed by atoms with Crippen LogP contribution in [0.2, 0.25) is 0 Å². The number of aliphatic carboxylic acids is 2. The summed E-state index contributed by atoms with van der Waals surface area (Å²) in [7, 11) is 0. The molecular formula is C14H11NO7. The van der Waals surface area contributed by atoms with Crippen molar-refractivity contribution in [3.63, 3.8) is 0 Å². The Morgan fingerprint density at radius 3 is 1.86 bits per heavy atom. The first-order chi connectivity index (χ1) is 10.3. The minimum atomic E-state index is -2.02.